The molecule has 0 aliphatic heterocycles. The van der Waals surface area contributed by atoms with E-state index < -0.39 is 32.5 Å². The van der Waals surface area contributed by atoms with Crippen LogP contribution in [0.25, 0.3) is 0 Å². The molecule has 0 aromatic heterocycles. The van der Waals surface area contributed by atoms with Crippen molar-refractivity contribution in [1.29, 1.82) is 0 Å². The Morgan fingerprint density at radius 3 is 1.57 bits per heavy atom. The van der Waals surface area contributed by atoms with Gasteiger partial charge in [-0.05, 0) is 57.8 Å². The Balaban J connectivity index is 4.44. The van der Waals surface area contributed by atoms with Crippen LogP contribution in [0.5, 0.6) is 0 Å². The molecule has 2 N–H and O–H groups in total. The number of hydrogen-bond acceptors (Lipinski definition) is 8. The summed E-state index contributed by atoms with van der Waals surface area (Å²) in [6, 6.07) is 0. The number of unbranched alkanes of at least 4 members (excludes halogenated alkanes) is 17. The summed E-state index contributed by atoms with van der Waals surface area (Å²) in [7, 11) is 1.43. The first-order chi connectivity index (χ1) is 27.0. The topological polar surface area (TPSA) is 129 Å². The number of aliphatic hydroxyl groups excluding tert-OH is 1. The summed E-state index contributed by atoms with van der Waals surface area (Å²) in [6.45, 7) is 2.36. The number of carbonyl (C=O) groups is 2. The van der Waals surface area contributed by atoms with E-state index in [4.69, 9.17) is 23.6 Å². The Labute approximate surface area is 342 Å². The first-order valence-electron chi connectivity index (χ1n) is 22.0. The lowest BCUT2D eigenvalue weighted by atomic mass is 10.0. The molecule has 0 fully saturated rings. The standard InChI is InChI=1S/C45H82NO9P/c1-5-6-7-8-9-10-11-12-18-22-25-28-31-34-37-45(49)55-43(42-54-56(50,51)53-40-38-46(2,3)4)41-52-44(48)36-33-30-27-24-21-19-16-14-13-15-17-20-23-26-29-32-35-39-47/h13,15-16,19-20,23-24,27,43,47H,5-12,14,17-18,21-22,25-26,28-42H2,1-4H3/p+1/b15-13-,19-16-,23-20-,27-24-/t43-/m1/s1. The minimum Gasteiger partial charge on any atom is -0.462 e. The van der Waals surface area contributed by atoms with Gasteiger partial charge in [-0.2, -0.15) is 0 Å². The molecule has 0 aliphatic carbocycles. The second-order valence-corrected chi connectivity index (χ2v) is 17.3. The minimum atomic E-state index is -4.39. The minimum absolute atomic E-state index is 0.0184. The smallest absolute Gasteiger partial charge is 0.462 e. The predicted octanol–water partition coefficient (Wildman–Crippen LogP) is 11.3. The highest BCUT2D eigenvalue weighted by molar-refractivity contribution is 7.47. The summed E-state index contributed by atoms with van der Waals surface area (Å²) in [4.78, 5) is 35.3. The normalized spacial score (nSPS) is 14.0. The van der Waals surface area contributed by atoms with Crippen LogP contribution in [0.15, 0.2) is 48.6 Å². The number of carbonyl (C=O) groups excluding carboxylic acids is 2. The highest BCUT2D eigenvalue weighted by Gasteiger charge is 2.27. The largest absolute Gasteiger partial charge is 0.472 e. The van der Waals surface area contributed by atoms with Gasteiger partial charge in [0.05, 0.1) is 27.7 Å². The highest BCUT2D eigenvalue weighted by Crippen LogP contribution is 2.43. The van der Waals surface area contributed by atoms with Gasteiger partial charge < -0.3 is 24.0 Å². The molecular formula is C45H83NO9P+. The summed E-state index contributed by atoms with van der Waals surface area (Å²) in [6.07, 6.45) is 41.7. The molecule has 0 spiro atoms. The first kappa shape index (κ1) is 53.9. The average Bonchev–Trinajstić information content (AvgIpc) is 3.15. The van der Waals surface area contributed by atoms with Crippen molar-refractivity contribution >= 4 is 19.8 Å². The van der Waals surface area contributed by atoms with E-state index in [1.165, 1.54) is 64.2 Å². The van der Waals surface area contributed by atoms with Gasteiger partial charge >= 0.3 is 19.8 Å². The molecule has 11 heteroatoms. The number of hydrogen-bond donors (Lipinski definition) is 2. The van der Waals surface area contributed by atoms with Gasteiger partial charge in [0, 0.05) is 19.4 Å². The summed E-state index contributed by atoms with van der Waals surface area (Å²) in [5, 5.41) is 8.80. The van der Waals surface area contributed by atoms with Crippen molar-refractivity contribution in [2.75, 3.05) is 54.1 Å². The number of phosphoric ester groups is 1. The third-order valence-corrected chi connectivity index (χ3v) is 10.2. The summed E-state index contributed by atoms with van der Waals surface area (Å²) >= 11 is 0. The first-order valence-corrected chi connectivity index (χ1v) is 23.5. The Bertz CT molecular complexity index is 1100. The maximum absolute atomic E-state index is 12.7. The zero-order valence-corrected chi connectivity index (χ0v) is 37.0. The summed E-state index contributed by atoms with van der Waals surface area (Å²) < 4.78 is 34.2. The molecule has 0 aliphatic rings. The summed E-state index contributed by atoms with van der Waals surface area (Å²) in [5.74, 6) is -0.877. The fourth-order valence-corrected chi connectivity index (χ4v) is 6.43. The van der Waals surface area contributed by atoms with E-state index in [-0.39, 0.29) is 32.7 Å². The molecule has 0 aromatic rings. The highest BCUT2D eigenvalue weighted by atomic mass is 31.2. The van der Waals surface area contributed by atoms with E-state index >= 15 is 0 Å². The fraction of sp³-hybridized carbons (Fsp3) is 0.778. The van der Waals surface area contributed by atoms with Crippen LogP contribution in [0.1, 0.15) is 167 Å². The van der Waals surface area contributed by atoms with Gasteiger partial charge in [0.2, 0.25) is 0 Å². The number of likely N-dealkylation sites (N-methyl/N-ethyl adjacent to an activating group) is 1. The predicted molar refractivity (Wildman–Crippen MR) is 230 cm³/mol. The number of allylic oxidation sites excluding steroid dienone is 8. The number of ether oxygens (including phenoxy) is 2. The second kappa shape index (κ2) is 38.4. The van der Waals surface area contributed by atoms with Crippen LogP contribution in [0.2, 0.25) is 0 Å². The van der Waals surface area contributed by atoms with Gasteiger partial charge in [0.1, 0.15) is 19.8 Å². The van der Waals surface area contributed by atoms with Crippen molar-refractivity contribution in [1.82, 2.24) is 0 Å². The van der Waals surface area contributed by atoms with E-state index in [0.29, 0.717) is 23.9 Å². The van der Waals surface area contributed by atoms with Crippen LogP contribution in [-0.2, 0) is 32.7 Å². The SMILES string of the molecule is CCCCCCCCCCCCCCCCC(=O)O[C@H](COC(=O)CCC/C=C\C/C=C\C/C=C\C/C=C\CCCCCO)COP(=O)(O)OCC[N+](C)(C)C. The number of esters is 2. The van der Waals surface area contributed by atoms with Crippen molar-refractivity contribution in [3.05, 3.63) is 48.6 Å². The van der Waals surface area contributed by atoms with Crippen LogP contribution >= 0.6 is 7.82 Å². The second-order valence-electron chi connectivity index (χ2n) is 15.8. The summed E-state index contributed by atoms with van der Waals surface area (Å²) in [5.41, 5.74) is 0. The van der Waals surface area contributed by atoms with E-state index in [9.17, 15) is 19.0 Å². The van der Waals surface area contributed by atoms with Gasteiger partial charge in [-0.15, -0.1) is 0 Å². The number of rotatable bonds is 40. The van der Waals surface area contributed by atoms with E-state index in [0.717, 1.165) is 70.6 Å². The fourth-order valence-electron chi connectivity index (χ4n) is 5.69. The van der Waals surface area contributed by atoms with E-state index in [1.54, 1.807) is 0 Å². The van der Waals surface area contributed by atoms with Gasteiger partial charge in [0.15, 0.2) is 6.10 Å². The molecule has 0 amide bonds. The van der Waals surface area contributed by atoms with Crippen molar-refractivity contribution in [2.45, 2.75) is 174 Å². The lowest BCUT2D eigenvalue weighted by molar-refractivity contribution is -0.870. The molecule has 0 bridgehead atoms. The van der Waals surface area contributed by atoms with Gasteiger partial charge in [-0.25, -0.2) is 4.57 Å². The van der Waals surface area contributed by atoms with Gasteiger partial charge in [0.25, 0.3) is 0 Å². The lowest BCUT2D eigenvalue weighted by Crippen LogP contribution is -2.37. The Hall–Kier alpha value is -2.07. The molecule has 0 aromatic carbocycles. The molecule has 0 radical (unpaired) electrons. The average molecular weight is 813 g/mol. The van der Waals surface area contributed by atoms with Crippen LogP contribution < -0.4 is 0 Å². The molecule has 1 unspecified atom stereocenters. The van der Waals surface area contributed by atoms with Crippen molar-refractivity contribution in [3.63, 3.8) is 0 Å². The Morgan fingerprint density at radius 1 is 0.589 bits per heavy atom. The number of nitrogens with zero attached hydrogens (tertiary/aromatic N) is 1. The van der Waals surface area contributed by atoms with Crippen LogP contribution in [-0.4, -0.2) is 86.6 Å². The maximum atomic E-state index is 12.7. The maximum Gasteiger partial charge on any atom is 0.472 e. The zero-order valence-electron chi connectivity index (χ0n) is 36.1. The quantitative estimate of drug-likeness (QED) is 0.0204. The molecule has 326 valence electrons. The van der Waals surface area contributed by atoms with E-state index in [1.807, 2.05) is 27.2 Å². The number of quaternary nitrogens is 1. The van der Waals surface area contributed by atoms with Crippen molar-refractivity contribution in [3.8, 4) is 0 Å². The Morgan fingerprint density at radius 2 is 1.05 bits per heavy atom. The Kier molecular flexibility index (Phi) is 37.0. The van der Waals surface area contributed by atoms with Crippen LogP contribution in [0, 0.1) is 0 Å². The monoisotopic (exact) mass is 813 g/mol. The molecule has 0 saturated carbocycles. The van der Waals surface area contributed by atoms with Gasteiger partial charge in [-0.3, -0.25) is 18.6 Å². The number of aliphatic hydroxyl groups is 1. The molecule has 0 rings (SSSR count). The van der Waals surface area contributed by atoms with Crippen molar-refractivity contribution in [2.24, 2.45) is 0 Å². The molecule has 10 nitrogen and oxygen atoms in total. The molecule has 0 heterocycles. The van der Waals surface area contributed by atoms with Gasteiger partial charge in [-0.1, -0.05) is 145 Å². The number of phosphoric acid groups is 1. The zero-order chi connectivity index (χ0) is 41.4. The third kappa shape index (κ3) is 41.6. The lowest BCUT2D eigenvalue weighted by Gasteiger charge is -2.24. The van der Waals surface area contributed by atoms with Crippen LogP contribution in [0.4, 0.5) is 0 Å². The third-order valence-electron chi connectivity index (χ3n) is 9.17. The van der Waals surface area contributed by atoms with E-state index in [2.05, 4.69) is 49.5 Å². The molecule has 56 heavy (non-hydrogen) atoms. The molecule has 0 saturated heterocycles. The molecular weight excluding hydrogens is 729 g/mol. The molecule has 2 atom stereocenters. The van der Waals surface area contributed by atoms with Crippen LogP contribution in [0.3, 0.4) is 0 Å². The van der Waals surface area contributed by atoms with Crippen molar-refractivity contribution < 1.29 is 47.2 Å².